The van der Waals surface area contributed by atoms with Crippen molar-refractivity contribution in [3.05, 3.63) is 48.0 Å². The average Bonchev–Trinajstić information content (AvgIpc) is 2.71. The zero-order valence-corrected chi connectivity index (χ0v) is 17.4. The predicted molar refractivity (Wildman–Crippen MR) is 109 cm³/mol. The number of anilines is 1. The number of nitrogens with zero attached hydrogens (tertiary/aromatic N) is 1. The lowest BCUT2D eigenvalue weighted by atomic mass is 10.1. The smallest absolute Gasteiger partial charge is 0.258 e. The Labute approximate surface area is 170 Å². The van der Waals surface area contributed by atoms with Crippen molar-refractivity contribution in [3.63, 3.8) is 0 Å². The standard InChI is InChI=1S/C20H24N2O6S/c1-14(15-4-9-18-19(12-15)27-11-10-26-18)21-20(23)13-28-17-7-5-16(6-8-17)22(2)29(3,24)25/h4-9,12,14H,10-11,13H2,1-3H3,(H,21,23). The second-order valence-electron chi connectivity index (χ2n) is 6.71. The Balaban J connectivity index is 1.53. The van der Waals surface area contributed by atoms with Gasteiger partial charge in [-0.1, -0.05) is 6.07 Å². The number of hydrogen-bond acceptors (Lipinski definition) is 6. The number of carbonyl (C=O) groups excluding carboxylic acids is 1. The molecule has 156 valence electrons. The summed E-state index contributed by atoms with van der Waals surface area (Å²) in [5, 5.41) is 2.87. The van der Waals surface area contributed by atoms with E-state index >= 15 is 0 Å². The van der Waals surface area contributed by atoms with Gasteiger partial charge >= 0.3 is 0 Å². The van der Waals surface area contributed by atoms with Crippen LogP contribution in [0.1, 0.15) is 18.5 Å². The molecule has 2 aromatic rings. The molecule has 2 aromatic carbocycles. The molecular weight excluding hydrogens is 396 g/mol. The van der Waals surface area contributed by atoms with E-state index in [0.29, 0.717) is 36.1 Å². The van der Waals surface area contributed by atoms with Crippen molar-refractivity contribution in [3.8, 4) is 17.2 Å². The number of amides is 1. The SMILES string of the molecule is CC(NC(=O)COc1ccc(N(C)S(C)(=O)=O)cc1)c1ccc2c(c1)OCCO2. The van der Waals surface area contributed by atoms with Crippen LogP contribution in [0.5, 0.6) is 17.2 Å². The molecule has 1 amide bonds. The van der Waals surface area contributed by atoms with Gasteiger partial charge in [0.2, 0.25) is 10.0 Å². The van der Waals surface area contributed by atoms with Gasteiger partial charge < -0.3 is 19.5 Å². The normalized spacial score (nSPS) is 14.0. The summed E-state index contributed by atoms with van der Waals surface area (Å²) in [7, 11) is -1.86. The number of nitrogens with one attached hydrogen (secondary N) is 1. The maximum atomic E-state index is 12.2. The Morgan fingerprint density at radius 2 is 1.79 bits per heavy atom. The number of fused-ring (bicyclic) bond motifs is 1. The number of carbonyl (C=O) groups is 1. The molecule has 1 aliphatic rings. The maximum Gasteiger partial charge on any atom is 0.258 e. The maximum absolute atomic E-state index is 12.2. The molecule has 9 heteroatoms. The van der Waals surface area contributed by atoms with Crippen LogP contribution in [0, 0.1) is 0 Å². The van der Waals surface area contributed by atoms with E-state index in [1.807, 2.05) is 25.1 Å². The van der Waals surface area contributed by atoms with Gasteiger partial charge in [-0.2, -0.15) is 0 Å². The fourth-order valence-electron chi connectivity index (χ4n) is 2.79. The zero-order chi connectivity index (χ0) is 21.0. The van der Waals surface area contributed by atoms with E-state index < -0.39 is 10.0 Å². The van der Waals surface area contributed by atoms with E-state index in [2.05, 4.69) is 5.32 Å². The molecule has 0 saturated carbocycles. The monoisotopic (exact) mass is 420 g/mol. The number of rotatable bonds is 7. The topological polar surface area (TPSA) is 94.2 Å². The first-order valence-corrected chi connectivity index (χ1v) is 10.9. The third-order valence-electron chi connectivity index (χ3n) is 4.51. The summed E-state index contributed by atoms with van der Waals surface area (Å²) in [6.45, 7) is 2.75. The lowest BCUT2D eigenvalue weighted by Crippen LogP contribution is -2.31. The minimum Gasteiger partial charge on any atom is -0.486 e. The molecule has 3 rings (SSSR count). The van der Waals surface area contributed by atoms with Crippen molar-refractivity contribution >= 4 is 21.6 Å². The minimum absolute atomic E-state index is 0.157. The van der Waals surface area contributed by atoms with Gasteiger partial charge in [-0.15, -0.1) is 0 Å². The molecule has 0 aliphatic carbocycles. The van der Waals surface area contributed by atoms with Crippen LogP contribution >= 0.6 is 0 Å². The quantitative estimate of drug-likeness (QED) is 0.737. The first-order valence-electron chi connectivity index (χ1n) is 9.10. The first kappa shape index (κ1) is 20.8. The molecule has 0 bridgehead atoms. The van der Waals surface area contributed by atoms with E-state index in [1.165, 1.54) is 11.4 Å². The highest BCUT2D eigenvalue weighted by Gasteiger charge is 2.16. The molecule has 0 aromatic heterocycles. The van der Waals surface area contributed by atoms with E-state index in [9.17, 15) is 13.2 Å². The van der Waals surface area contributed by atoms with Crippen molar-refractivity contribution in [1.29, 1.82) is 0 Å². The summed E-state index contributed by atoms with van der Waals surface area (Å²) >= 11 is 0. The van der Waals surface area contributed by atoms with Crippen molar-refractivity contribution in [2.24, 2.45) is 0 Å². The zero-order valence-electron chi connectivity index (χ0n) is 16.5. The highest BCUT2D eigenvalue weighted by molar-refractivity contribution is 7.92. The van der Waals surface area contributed by atoms with Crippen LogP contribution in [0.3, 0.4) is 0 Å². The summed E-state index contributed by atoms with van der Waals surface area (Å²) in [6.07, 6.45) is 1.13. The Kier molecular flexibility index (Phi) is 6.17. The number of hydrogen-bond donors (Lipinski definition) is 1. The molecule has 0 radical (unpaired) electrons. The van der Waals surface area contributed by atoms with Crippen LogP contribution in [0.2, 0.25) is 0 Å². The first-order chi connectivity index (χ1) is 13.7. The fourth-order valence-corrected chi connectivity index (χ4v) is 3.29. The van der Waals surface area contributed by atoms with Gasteiger partial charge in [0.1, 0.15) is 19.0 Å². The van der Waals surface area contributed by atoms with Crippen LogP contribution < -0.4 is 23.8 Å². The highest BCUT2D eigenvalue weighted by Crippen LogP contribution is 2.32. The lowest BCUT2D eigenvalue weighted by molar-refractivity contribution is -0.123. The van der Waals surface area contributed by atoms with Crippen LogP contribution in [0.25, 0.3) is 0 Å². The van der Waals surface area contributed by atoms with E-state index in [0.717, 1.165) is 11.8 Å². The van der Waals surface area contributed by atoms with Crippen LogP contribution in [-0.2, 0) is 14.8 Å². The van der Waals surface area contributed by atoms with Crippen LogP contribution in [-0.4, -0.2) is 47.4 Å². The average molecular weight is 420 g/mol. The second-order valence-corrected chi connectivity index (χ2v) is 8.72. The minimum atomic E-state index is -3.33. The Morgan fingerprint density at radius 3 is 2.45 bits per heavy atom. The van der Waals surface area contributed by atoms with Crippen LogP contribution in [0.4, 0.5) is 5.69 Å². The van der Waals surface area contributed by atoms with Gasteiger partial charge in [0.05, 0.1) is 18.0 Å². The summed E-state index contributed by atoms with van der Waals surface area (Å²) in [5.74, 6) is 1.57. The predicted octanol–water partition coefficient (Wildman–Crippen LogP) is 2.11. The van der Waals surface area contributed by atoms with E-state index in [1.54, 1.807) is 24.3 Å². The molecule has 1 N–H and O–H groups in total. The summed E-state index contributed by atoms with van der Waals surface area (Å²) < 4.78 is 40.8. The van der Waals surface area contributed by atoms with E-state index in [4.69, 9.17) is 14.2 Å². The number of benzene rings is 2. The van der Waals surface area contributed by atoms with Crippen molar-refractivity contribution in [2.75, 3.05) is 37.4 Å². The fraction of sp³-hybridized carbons (Fsp3) is 0.350. The van der Waals surface area contributed by atoms with Gasteiger partial charge in [0, 0.05) is 7.05 Å². The molecule has 1 unspecified atom stereocenters. The van der Waals surface area contributed by atoms with Gasteiger partial charge in [-0.3, -0.25) is 9.10 Å². The van der Waals surface area contributed by atoms with Gasteiger partial charge in [0.25, 0.3) is 5.91 Å². The van der Waals surface area contributed by atoms with Crippen molar-refractivity contribution in [2.45, 2.75) is 13.0 Å². The Morgan fingerprint density at radius 1 is 1.14 bits per heavy atom. The molecule has 1 atom stereocenters. The molecular formula is C20H24N2O6S. The van der Waals surface area contributed by atoms with Crippen molar-refractivity contribution in [1.82, 2.24) is 5.32 Å². The third kappa shape index (κ3) is 5.32. The molecule has 1 aliphatic heterocycles. The lowest BCUT2D eigenvalue weighted by Gasteiger charge is -2.21. The molecule has 0 spiro atoms. The Hall–Kier alpha value is -2.94. The van der Waals surface area contributed by atoms with E-state index in [-0.39, 0.29) is 18.6 Å². The summed E-state index contributed by atoms with van der Waals surface area (Å²) in [4.78, 5) is 12.2. The molecule has 0 saturated heterocycles. The second kappa shape index (κ2) is 8.60. The molecule has 29 heavy (non-hydrogen) atoms. The summed E-state index contributed by atoms with van der Waals surface area (Å²) in [5.41, 5.74) is 1.41. The largest absolute Gasteiger partial charge is 0.486 e. The Bertz CT molecular complexity index is 975. The van der Waals surface area contributed by atoms with Crippen molar-refractivity contribution < 1.29 is 27.4 Å². The molecule has 8 nitrogen and oxygen atoms in total. The number of ether oxygens (including phenoxy) is 3. The van der Waals surface area contributed by atoms with Gasteiger partial charge in [-0.05, 0) is 48.9 Å². The van der Waals surface area contributed by atoms with Gasteiger partial charge in [-0.25, -0.2) is 8.42 Å². The third-order valence-corrected chi connectivity index (χ3v) is 5.72. The number of sulfonamides is 1. The molecule has 0 fully saturated rings. The summed E-state index contributed by atoms with van der Waals surface area (Å²) in [6, 6.07) is 11.8. The molecule has 1 heterocycles. The highest BCUT2D eigenvalue weighted by atomic mass is 32.2. The van der Waals surface area contributed by atoms with Gasteiger partial charge in [0.15, 0.2) is 18.1 Å². The van der Waals surface area contributed by atoms with Crippen LogP contribution in [0.15, 0.2) is 42.5 Å².